The molecule has 8 nitrogen and oxygen atoms in total. The second-order valence-electron chi connectivity index (χ2n) is 5.97. The van der Waals surface area contributed by atoms with Crippen molar-refractivity contribution in [3.8, 4) is 17.0 Å². The second-order valence-corrected chi connectivity index (χ2v) is 8.09. The van der Waals surface area contributed by atoms with E-state index in [9.17, 15) is 13.2 Å². The van der Waals surface area contributed by atoms with Crippen molar-refractivity contribution < 1.29 is 27.2 Å². The van der Waals surface area contributed by atoms with Gasteiger partial charge in [-0.05, 0) is 50.2 Å². The summed E-state index contributed by atoms with van der Waals surface area (Å²) >= 11 is 5.91. The Balaban J connectivity index is 1.98. The predicted molar refractivity (Wildman–Crippen MR) is 111 cm³/mol. The van der Waals surface area contributed by atoms with Crippen LogP contribution < -0.4 is 9.46 Å². The molecule has 1 N–H and O–H groups in total. The average Bonchev–Trinajstić information content (AvgIpc) is 3.12. The lowest BCUT2D eigenvalue weighted by Crippen LogP contribution is -2.16. The number of esters is 1. The van der Waals surface area contributed by atoms with E-state index in [1.165, 1.54) is 24.3 Å². The number of sulfonamides is 1. The highest BCUT2D eigenvalue weighted by Crippen LogP contribution is 2.32. The first-order valence-electron chi connectivity index (χ1n) is 9.04. The van der Waals surface area contributed by atoms with E-state index in [1.807, 2.05) is 6.92 Å². The quantitative estimate of drug-likeness (QED) is 0.507. The van der Waals surface area contributed by atoms with E-state index in [4.69, 9.17) is 25.6 Å². The Morgan fingerprint density at radius 1 is 1.07 bits per heavy atom. The van der Waals surface area contributed by atoms with Gasteiger partial charge in [0.15, 0.2) is 5.56 Å². The van der Waals surface area contributed by atoms with Gasteiger partial charge in [-0.15, -0.1) is 0 Å². The molecule has 0 fully saturated rings. The molecule has 0 radical (unpaired) electrons. The molecule has 0 spiro atoms. The first-order chi connectivity index (χ1) is 14.4. The topological polar surface area (TPSA) is 108 Å². The summed E-state index contributed by atoms with van der Waals surface area (Å²) < 4.78 is 43.4. The second kappa shape index (κ2) is 9.19. The Morgan fingerprint density at radius 3 is 2.33 bits per heavy atom. The number of hydrogen-bond donors (Lipinski definition) is 1. The highest BCUT2D eigenvalue weighted by Gasteiger charge is 2.29. The number of nitrogens with zero attached hydrogens (tertiary/aromatic N) is 1. The van der Waals surface area contributed by atoms with Crippen LogP contribution in [-0.4, -0.2) is 32.8 Å². The van der Waals surface area contributed by atoms with Crippen molar-refractivity contribution in [3.63, 3.8) is 0 Å². The smallest absolute Gasteiger partial charge is 0.346 e. The fraction of sp³-hybridized carbons (Fsp3) is 0.200. The zero-order valence-corrected chi connectivity index (χ0v) is 17.8. The third-order valence-electron chi connectivity index (χ3n) is 3.96. The first kappa shape index (κ1) is 21.7. The van der Waals surface area contributed by atoms with Crippen LogP contribution >= 0.6 is 11.6 Å². The van der Waals surface area contributed by atoms with E-state index in [1.54, 1.807) is 31.2 Å². The van der Waals surface area contributed by atoms with Crippen molar-refractivity contribution in [2.45, 2.75) is 18.7 Å². The molecule has 0 atom stereocenters. The van der Waals surface area contributed by atoms with E-state index < -0.39 is 16.0 Å². The molecule has 2 aromatic carbocycles. The lowest BCUT2D eigenvalue weighted by Gasteiger charge is -2.08. The Kier molecular flexibility index (Phi) is 6.63. The van der Waals surface area contributed by atoms with Gasteiger partial charge in [-0.25, -0.2) is 17.9 Å². The molecule has 30 heavy (non-hydrogen) atoms. The van der Waals surface area contributed by atoms with Gasteiger partial charge in [0.1, 0.15) is 11.4 Å². The van der Waals surface area contributed by atoms with E-state index >= 15 is 0 Å². The lowest BCUT2D eigenvalue weighted by molar-refractivity contribution is 0.0528. The predicted octanol–water partition coefficient (Wildman–Crippen LogP) is 4.37. The molecule has 3 rings (SSSR count). The van der Waals surface area contributed by atoms with Crippen molar-refractivity contribution in [1.29, 1.82) is 0 Å². The van der Waals surface area contributed by atoms with Crippen LogP contribution in [-0.2, 0) is 14.8 Å². The Labute approximate surface area is 178 Å². The van der Waals surface area contributed by atoms with Gasteiger partial charge in [0.2, 0.25) is 0 Å². The summed E-state index contributed by atoms with van der Waals surface area (Å²) in [6, 6.07) is 12.3. The summed E-state index contributed by atoms with van der Waals surface area (Å²) in [4.78, 5) is 12.5. The molecule has 0 bridgehead atoms. The lowest BCUT2D eigenvalue weighted by atomic mass is 10.1. The van der Waals surface area contributed by atoms with Crippen LogP contribution in [0.3, 0.4) is 0 Å². The number of rotatable bonds is 8. The Bertz CT molecular complexity index is 1130. The van der Waals surface area contributed by atoms with Crippen molar-refractivity contribution in [2.75, 3.05) is 17.9 Å². The van der Waals surface area contributed by atoms with Crippen molar-refractivity contribution in [2.24, 2.45) is 0 Å². The molecule has 158 valence electrons. The van der Waals surface area contributed by atoms with E-state index in [2.05, 4.69) is 9.88 Å². The molecule has 1 aromatic heterocycles. The maximum atomic E-state index is 12.8. The van der Waals surface area contributed by atoms with Crippen LogP contribution in [0.25, 0.3) is 11.3 Å². The molecule has 10 heteroatoms. The van der Waals surface area contributed by atoms with Gasteiger partial charge in [-0.3, -0.25) is 0 Å². The molecule has 0 aliphatic heterocycles. The van der Waals surface area contributed by atoms with Crippen LogP contribution in [0.15, 0.2) is 57.9 Å². The number of nitrogens with one attached hydrogen (secondary N) is 1. The standard InChI is InChI=1S/C20H19ClN2O6S/c1-3-27-15-9-11-16(12-10-15)30(25,26)23-19-17(20(24)28-4-2)18(22-29-19)13-5-7-14(21)8-6-13/h5-12,23H,3-4H2,1-2H3. The van der Waals surface area contributed by atoms with Crippen LogP contribution in [0.4, 0.5) is 5.88 Å². The summed E-state index contributed by atoms with van der Waals surface area (Å²) in [6.45, 7) is 4.01. The molecule has 0 saturated heterocycles. The molecular weight excluding hydrogens is 432 g/mol. The number of hydrogen-bond acceptors (Lipinski definition) is 7. The van der Waals surface area contributed by atoms with Crippen LogP contribution in [0.5, 0.6) is 5.75 Å². The number of benzene rings is 2. The third-order valence-corrected chi connectivity index (χ3v) is 5.56. The van der Waals surface area contributed by atoms with Crippen LogP contribution in [0, 0.1) is 0 Å². The van der Waals surface area contributed by atoms with Gasteiger partial charge in [0, 0.05) is 10.6 Å². The van der Waals surface area contributed by atoms with Crippen LogP contribution in [0.1, 0.15) is 24.2 Å². The maximum absolute atomic E-state index is 12.8. The fourth-order valence-corrected chi connectivity index (χ4v) is 3.74. The molecule has 0 aliphatic rings. The molecule has 0 saturated carbocycles. The number of carbonyl (C=O) groups is 1. The minimum Gasteiger partial charge on any atom is -0.494 e. The van der Waals surface area contributed by atoms with E-state index in [0.717, 1.165) is 0 Å². The minimum atomic E-state index is -4.06. The summed E-state index contributed by atoms with van der Waals surface area (Å²) in [5.74, 6) is -0.575. The number of halogens is 1. The molecule has 1 heterocycles. The van der Waals surface area contributed by atoms with Crippen LogP contribution in [0.2, 0.25) is 5.02 Å². The highest BCUT2D eigenvalue weighted by molar-refractivity contribution is 7.92. The van der Waals surface area contributed by atoms with E-state index in [0.29, 0.717) is 22.9 Å². The maximum Gasteiger partial charge on any atom is 0.346 e. The molecule has 3 aromatic rings. The van der Waals surface area contributed by atoms with Crippen molar-refractivity contribution in [3.05, 3.63) is 59.1 Å². The normalized spacial score (nSPS) is 11.2. The zero-order valence-electron chi connectivity index (χ0n) is 16.2. The Hall–Kier alpha value is -3.04. The monoisotopic (exact) mass is 450 g/mol. The highest BCUT2D eigenvalue weighted by atomic mass is 35.5. The zero-order chi connectivity index (χ0) is 21.7. The largest absolute Gasteiger partial charge is 0.494 e. The average molecular weight is 451 g/mol. The van der Waals surface area contributed by atoms with Crippen molar-refractivity contribution in [1.82, 2.24) is 5.16 Å². The molecular formula is C20H19ClN2O6S. The number of ether oxygens (including phenoxy) is 2. The van der Waals surface area contributed by atoms with E-state index in [-0.39, 0.29) is 28.6 Å². The van der Waals surface area contributed by atoms with Gasteiger partial charge < -0.3 is 14.0 Å². The summed E-state index contributed by atoms with van der Waals surface area (Å²) in [7, 11) is -4.06. The van der Waals surface area contributed by atoms with Gasteiger partial charge >= 0.3 is 5.97 Å². The van der Waals surface area contributed by atoms with Crippen molar-refractivity contribution >= 4 is 33.5 Å². The van der Waals surface area contributed by atoms with Gasteiger partial charge in [-0.1, -0.05) is 28.9 Å². The van der Waals surface area contributed by atoms with Gasteiger partial charge in [-0.2, -0.15) is 0 Å². The Morgan fingerprint density at radius 2 is 1.73 bits per heavy atom. The molecule has 0 aliphatic carbocycles. The van der Waals surface area contributed by atoms with Gasteiger partial charge in [0.25, 0.3) is 15.9 Å². The minimum absolute atomic E-state index is 0.0368. The third kappa shape index (κ3) is 4.74. The number of aromatic nitrogens is 1. The first-order valence-corrected chi connectivity index (χ1v) is 10.9. The number of carbonyl (C=O) groups excluding carboxylic acids is 1. The molecule has 0 amide bonds. The number of anilines is 1. The SMILES string of the molecule is CCOC(=O)c1c(-c2ccc(Cl)cc2)noc1NS(=O)(=O)c1ccc(OCC)cc1. The van der Waals surface area contributed by atoms with Gasteiger partial charge in [0.05, 0.1) is 18.1 Å². The summed E-state index contributed by atoms with van der Waals surface area (Å²) in [6.07, 6.45) is 0. The summed E-state index contributed by atoms with van der Waals surface area (Å²) in [5, 5.41) is 4.37. The summed E-state index contributed by atoms with van der Waals surface area (Å²) in [5.41, 5.74) is 0.515. The fourth-order valence-electron chi connectivity index (χ4n) is 2.62. The molecule has 0 unspecified atom stereocenters.